The Labute approximate surface area is 162 Å². The third kappa shape index (κ3) is 4.39. The predicted molar refractivity (Wildman–Crippen MR) is 94.8 cm³/mol. The van der Waals surface area contributed by atoms with E-state index >= 15 is 0 Å². The van der Waals surface area contributed by atoms with Crippen LogP contribution in [0.5, 0.6) is 0 Å². The predicted octanol–water partition coefficient (Wildman–Crippen LogP) is 0.919. The summed E-state index contributed by atoms with van der Waals surface area (Å²) >= 11 is 0. The zero-order valence-corrected chi connectivity index (χ0v) is 16.0. The summed E-state index contributed by atoms with van der Waals surface area (Å²) in [5, 5.41) is 0. The highest BCUT2D eigenvalue weighted by atomic mass is 32.2. The van der Waals surface area contributed by atoms with Gasteiger partial charge in [0.1, 0.15) is 5.82 Å². The van der Waals surface area contributed by atoms with E-state index in [0.717, 1.165) is 17.0 Å². The van der Waals surface area contributed by atoms with Crippen LogP contribution in [0.3, 0.4) is 0 Å². The number of carbonyl (C=O) groups excluding carboxylic acids is 3. The number of likely N-dealkylation sites (tertiary alicyclic amines) is 1. The number of esters is 1. The summed E-state index contributed by atoms with van der Waals surface area (Å²) in [6, 6.07) is 4.57. The summed E-state index contributed by atoms with van der Waals surface area (Å²) in [5.74, 6) is -2.40. The first-order valence-corrected chi connectivity index (χ1v) is 10.5. The monoisotopic (exact) mass is 412 g/mol. The van der Waals surface area contributed by atoms with Crippen LogP contribution >= 0.6 is 0 Å². The van der Waals surface area contributed by atoms with Crippen molar-refractivity contribution in [1.82, 2.24) is 9.21 Å². The molecule has 28 heavy (non-hydrogen) atoms. The molecule has 3 rings (SSSR count). The van der Waals surface area contributed by atoms with Crippen molar-refractivity contribution in [3.8, 4) is 0 Å². The van der Waals surface area contributed by atoms with Crippen molar-refractivity contribution >= 4 is 27.8 Å². The van der Waals surface area contributed by atoms with E-state index in [-0.39, 0.29) is 36.7 Å². The molecule has 0 atom stereocenters. The molecule has 0 unspecified atom stereocenters. The van der Waals surface area contributed by atoms with Gasteiger partial charge in [-0.05, 0) is 43.5 Å². The summed E-state index contributed by atoms with van der Waals surface area (Å²) in [6.07, 6.45) is 1.45. The van der Waals surface area contributed by atoms with Crippen LogP contribution in [0.15, 0.2) is 29.2 Å². The molecule has 152 valence electrons. The molecule has 0 N–H and O–H groups in total. The molecule has 2 saturated heterocycles. The Morgan fingerprint density at radius 2 is 1.75 bits per heavy atom. The van der Waals surface area contributed by atoms with E-state index in [1.807, 2.05) is 0 Å². The van der Waals surface area contributed by atoms with E-state index in [2.05, 4.69) is 0 Å². The number of halogens is 1. The van der Waals surface area contributed by atoms with Crippen molar-refractivity contribution < 1.29 is 31.9 Å². The Morgan fingerprint density at radius 1 is 1.11 bits per heavy atom. The van der Waals surface area contributed by atoms with Gasteiger partial charge in [-0.3, -0.25) is 19.3 Å². The summed E-state index contributed by atoms with van der Waals surface area (Å²) in [4.78, 5) is 36.7. The van der Waals surface area contributed by atoms with Crippen LogP contribution in [0.2, 0.25) is 0 Å². The zero-order chi connectivity index (χ0) is 20.3. The summed E-state index contributed by atoms with van der Waals surface area (Å²) in [5.41, 5.74) is 0. The van der Waals surface area contributed by atoms with Crippen LogP contribution in [-0.4, -0.2) is 61.6 Å². The van der Waals surface area contributed by atoms with E-state index in [1.165, 1.54) is 16.4 Å². The molecular formula is C18H21FN2O6S. The molecule has 0 aliphatic carbocycles. The normalized spacial score (nSPS) is 19.0. The van der Waals surface area contributed by atoms with Crippen LogP contribution in [-0.2, 0) is 29.1 Å². The molecule has 0 spiro atoms. The molecule has 2 aliphatic heterocycles. The third-order valence-corrected chi connectivity index (χ3v) is 6.86. The Hall–Kier alpha value is -2.33. The molecular weight excluding hydrogens is 391 g/mol. The molecule has 0 aromatic heterocycles. The molecule has 8 nitrogen and oxygen atoms in total. The van der Waals surface area contributed by atoms with Crippen LogP contribution < -0.4 is 0 Å². The smallest absolute Gasteiger partial charge is 0.309 e. The number of ether oxygens (including phenoxy) is 1. The quantitative estimate of drug-likeness (QED) is 0.667. The minimum absolute atomic E-state index is 0.00389. The minimum Gasteiger partial charge on any atom is -0.455 e. The van der Waals surface area contributed by atoms with Gasteiger partial charge in [0.2, 0.25) is 15.9 Å². The Kier molecular flexibility index (Phi) is 6.09. The van der Waals surface area contributed by atoms with Crippen molar-refractivity contribution in [3.63, 3.8) is 0 Å². The molecule has 1 aromatic rings. The van der Waals surface area contributed by atoms with Gasteiger partial charge in [0.15, 0.2) is 6.61 Å². The van der Waals surface area contributed by atoms with Crippen LogP contribution in [0.1, 0.15) is 25.7 Å². The molecule has 1 aromatic carbocycles. The molecule has 10 heteroatoms. The standard InChI is InChI=1S/C18H21FN2O6S/c19-14-3-5-15(6-4-14)28(25,26)20-10-7-13(8-11-20)18(24)27-12-17(23)21-9-1-2-16(21)22/h3-6,13H,1-2,7-12H2. The first-order chi connectivity index (χ1) is 13.3. The second-order valence-corrected chi connectivity index (χ2v) is 8.72. The number of piperidine rings is 1. The average molecular weight is 412 g/mol. The van der Waals surface area contributed by atoms with Gasteiger partial charge in [-0.15, -0.1) is 0 Å². The van der Waals surface area contributed by atoms with Crippen LogP contribution in [0.25, 0.3) is 0 Å². The Morgan fingerprint density at radius 3 is 2.32 bits per heavy atom. The topological polar surface area (TPSA) is 101 Å². The zero-order valence-electron chi connectivity index (χ0n) is 15.2. The van der Waals surface area contributed by atoms with Gasteiger partial charge in [-0.1, -0.05) is 0 Å². The van der Waals surface area contributed by atoms with Gasteiger partial charge < -0.3 is 4.74 Å². The van der Waals surface area contributed by atoms with Gasteiger partial charge in [0.05, 0.1) is 10.8 Å². The average Bonchev–Trinajstić information content (AvgIpc) is 3.12. The molecule has 0 bridgehead atoms. The number of rotatable bonds is 5. The van der Waals surface area contributed by atoms with Crippen LogP contribution in [0, 0.1) is 11.7 Å². The highest BCUT2D eigenvalue weighted by Crippen LogP contribution is 2.25. The largest absolute Gasteiger partial charge is 0.455 e. The summed E-state index contributed by atoms with van der Waals surface area (Å²) in [7, 11) is -3.75. The molecule has 2 heterocycles. The number of imide groups is 1. The van der Waals surface area contributed by atoms with E-state index in [4.69, 9.17) is 4.74 Å². The first kappa shape index (κ1) is 20.4. The van der Waals surface area contributed by atoms with Gasteiger partial charge in [-0.2, -0.15) is 4.31 Å². The van der Waals surface area contributed by atoms with Gasteiger partial charge in [0.25, 0.3) is 5.91 Å². The van der Waals surface area contributed by atoms with Crippen LogP contribution in [0.4, 0.5) is 4.39 Å². The van der Waals surface area contributed by atoms with Gasteiger partial charge in [-0.25, -0.2) is 12.8 Å². The molecule has 2 aliphatic rings. The summed E-state index contributed by atoms with van der Waals surface area (Å²) in [6.45, 7) is 0.101. The fourth-order valence-corrected chi connectivity index (χ4v) is 4.80. The van der Waals surface area contributed by atoms with Crippen molar-refractivity contribution in [1.29, 1.82) is 0 Å². The number of sulfonamides is 1. The number of carbonyl (C=O) groups is 3. The lowest BCUT2D eigenvalue weighted by Crippen LogP contribution is -2.41. The fourth-order valence-electron chi connectivity index (χ4n) is 3.33. The van der Waals surface area contributed by atoms with E-state index in [0.29, 0.717) is 19.4 Å². The number of nitrogens with zero attached hydrogens (tertiary/aromatic N) is 2. The SMILES string of the molecule is O=C(OCC(=O)N1CCCC1=O)C1CCN(S(=O)(=O)c2ccc(F)cc2)CC1. The van der Waals surface area contributed by atoms with Crippen molar-refractivity contribution in [3.05, 3.63) is 30.1 Å². The molecule has 0 radical (unpaired) electrons. The maximum absolute atomic E-state index is 13.0. The Balaban J connectivity index is 1.50. The Bertz CT molecular complexity index is 863. The third-order valence-electron chi connectivity index (χ3n) is 4.95. The van der Waals surface area contributed by atoms with Gasteiger partial charge in [0, 0.05) is 26.1 Å². The number of hydrogen-bond donors (Lipinski definition) is 0. The second kappa shape index (κ2) is 8.36. The highest BCUT2D eigenvalue weighted by Gasteiger charge is 2.34. The maximum Gasteiger partial charge on any atom is 0.309 e. The molecule has 0 saturated carbocycles. The van der Waals surface area contributed by atoms with E-state index in [1.54, 1.807) is 0 Å². The minimum atomic E-state index is -3.75. The number of hydrogen-bond acceptors (Lipinski definition) is 6. The lowest BCUT2D eigenvalue weighted by molar-refractivity contribution is -0.158. The lowest BCUT2D eigenvalue weighted by Gasteiger charge is -2.30. The van der Waals surface area contributed by atoms with E-state index < -0.39 is 40.2 Å². The second-order valence-electron chi connectivity index (χ2n) is 6.78. The van der Waals surface area contributed by atoms with Crippen molar-refractivity contribution in [2.45, 2.75) is 30.6 Å². The van der Waals surface area contributed by atoms with Crippen molar-refractivity contribution in [2.75, 3.05) is 26.2 Å². The number of benzene rings is 1. The maximum atomic E-state index is 13.0. The molecule has 2 amide bonds. The van der Waals surface area contributed by atoms with E-state index in [9.17, 15) is 27.2 Å². The number of amides is 2. The summed E-state index contributed by atoms with van der Waals surface area (Å²) < 4.78 is 44.4. The van der Waals surface area contributed by atoms with Gasteiger partial charge >= 0.3 is 5.97 Å². The van der Waals surface area contributed by atoms with Crippen molar-refractivity contribution in [2.24, 2.45) is 5.92 Å². The molecule has 2 fully saturated rings. The highest BCUT2D eigenvalue weighted by molar-refractivity contribution is 7.89. The lowest BCUT2D eigenvalue weighted by atomic mass is 9.98. The fraction of sp³-hybridized carbons (Fsp3) is 0.500. The first-order valence-electron chi connectivity index (χ1n) is 9.04.